The molecule has 0 spiro atoms. The third-order valence-corrected chi connectivity index (χ3v) is 4.20. The van der Waals surface area contributed by atoms with E-state index in [1.165, 1.54) is 0 Å². The van der Waals surface area contributed by atoms with E-state index in [0.717, 1.165) is 16.5 Å². The molecule has 130 valence electrons. The van der Waals surface area contributed by atoms with Gasteiger partial charge in [0.15, 0.2) is 5.78 Å². The number of para-hydroxylation sites is 1. The second kappa shape index (κ2) is 7.96. The second-order valence-electron chi connectivity index (χ2n) is 5.98. The van der Waals surface area contributed by atoms with Crippen LogP contribution in [0.5, 0.6) is 5.75 Å². The van der Waals surface area contributed by atoms with Crippen LogP contribution in [0.15, 0.2) is 54.7 Å². The maximum Gasteiger partial charge on any atom is 0.166 e. The van der Waals surface area contributed by atoms with Gasteiger partial charge >= 0.3 is 0 Å². The standard InChI is InChI=1S/C20H22N2O3/c21-12-15(23)13-25-20-7-2-1-5-17(20)19(24)9-8-14-4-3-6-18-16(14)10-11-22-18/h1-7,10-11,15,22-23H,8-9,12-13,21H2. The summed E-state index contributed by atoms with van der Waals surface area (Å²) in [6.07, 6.45) is 2.22. The number of nitrogens with one attached hydrogen (secondary N) is 1. The number of ether oxygens (including phenoxy) is 1. The van der Waals surface area contributed by atoms with Crippen LogP contribution >= 0.6 is 0 Å². The molecule has 5 heteroatoms. The van der Waals surface area contributed by atoms with Gasteiger partial charge in [-0.25, -0.2) is 0 Å². The summed E-state index contributed by atoms with van der Waals surface area (Å²) in [4.78, 5) is 15.8. The lowest BCUT2D eigenvalue weighted by molar-refractivity contribution is 0.0961. The topological polar surface area (TPSA) is 88.3 Å². The van der Waals surface area contributed by atoms with Gasteiger partial charge in [-0.2, -0.15) is 0 Å². The maximum atomic E-state index is 12.7. The summed E-state index contributed by atoms with van der Waals surface area (Å²) < 4.78 is 5.57. The third-order valence-electron chi connectivity index (χ3n) is 4.20. The van der Waals surface area contributed by atoms with Crippen LogP contribution in [0.1, 0.15) is 22.3 Å². The number of hydrogen-bond donors (Lipinski definition) is 3. The molecule has 1 aromatic heterocycles. The zero-order chi connectivity index (χ0) is 17.6. The van der Waals surface area contributed by atoms with E-state index < -0.39 is 6.10 Å². The number of carbonyl (C=O) groups is 1. The van der Waals surface area contributed by atoms with E-state index in [1.54, 1.807) is 12.1 Å². The summed E-state index contributed by atoms with van der Waals surface area (Å²) in [5.41, 5.74) is 8.13. The Morgan fingerprint density at radius 1 is 1.16 bits per heavy atom. The largest absolute Gasteiger partial charge is 0.490 e. The number of aromatic amines is 1. The van der Waals surface area contributed by atoms with Crippen molar-refractivity contribution in [1.82, 2.24) is 4.98 Å². The second-order valence-corrected chi connectivity index (χ2v) is 5.98. The first-order valence-electron chi connectivity index (χ1n) is 8.37. The smallest absolute Gasteiger partial charge is 0.166 e. The molecule has 0 aliphatic rings. The molecule has 0 fully saturated rings. The van der Waals surface area contributed by atoms with Crippen molar-refractivity contribution in [2.24, 2.45) is 5.73 Å². The monoisotopic (exact) mass is 338 g/mol. The zero-order valence-electron chi connectivity index (χ0n) is 13.9. The van der Waals surface area contributed by atoms with E-state index in [4.69, 9.17) is 10.5 Å². The Morgan fingerprint density at radius 2 is 2.00 bits per heavy atom. The highest BCUT2D eigenvalue weighted by atomic mass is 16.5. The van der Waals surface area contributed by atoms with E-state index in [9.17, 15) is 9.90 Å². The predicted octanol–water partition coefficient (Wildman–Crippen LogP) is 2.68. The molecule has 0 saturated carbocycles. The number of fused-ring (bicyclic) bond motifs is 1. The number of aromatic nitrogens is 1. The van der Waals surface area contributed by atoms with Crippen LogP contribution in [0.2, 0.25) is 0 Å². The summed E-state index contributed by atoms with van der Waals surface area (Å²) in [6, 6.07) is 15.2. The molecule has 1 unspecified atom stereocenters. The number of ketones is 1. The van der Waals surface area contributed by atoms with E-state index >= 15 is 0 Å². The molecule has 5 nitrogen and oxygen atoms in total. The summed E-state index contributed by atoms with van der Waals surface area (Å²) >= 11 is 0. The molecule has 3 aromatic rings. The molecule has 4 N–H and O–H groups in total. The molecule has 0 radical (unpaired) electrons. The number of aliphatic hydroxyl groups excluding tert-OH is 1. The van der Waals surface area contributed by atoms with Gasteiger partial charge in [0.05, 0.1) is 5.56 Å². The maximum absolute atomic E-state index is 12.7. The molecule has 0 aliphatic heterocycles. The molecular formula is C20H22N2O3. The van der Waals surface area contributed by atoms with Crippen molar-refractivity contribution in [2.45, 2.75) is 18.9 Å². The molecule has 3 rings (SSSR count). The first-order chi connectivity index (χ1) is 12.2. The summed E-state index contributed by atoms with van der Waals surface area (Å²) in [5.74, 6) is 0.505. The molecule has 2 aromatic carbocycles. The molecule has 1 atom stereocenters. The molecular weight excluding hydrogens is 316 g/mol. The van der Waals surface area contributed by atoms with Crippen molar-refractivity contribution in [1.29, 1.82) is 0 Å². The fraction of sp³-hybridized carbons (Fsp3) is 0.250. The van der Waals surface area contributed by atoms with Gasteiger partial charge in [-0.3, -0.25) is 4.79 Å². The number of carbonyl (C=O) groups excluding carboxylic acids is 1. The summed E-state index contributed by atoms with van der Waals surface area (Å²) in [5, 5.41) is 10.7. The van der Waals surface area contributed by atoms with Crippen molar-refractivity contribution in [2.75, 3.05) is 13.2 Å². The number of H-pyrrole nitrogens is 1. The molecule has 0 bridgehead atoms. The SMILES string of the molecule is NCC(O)COc1ccccc1C(=O)CCc1cccc2[nH]ccc12. The highest BCUT2D eigenvalue weighted by molar-refractivity contribution is 5.99. The number of Topliss-reactive ketones (excluding diaryl/α,β-unsaturated/α-hetero) is 1. The third kappa shape index (κ3) is 4.07. The van der Waals surface area contributed by atoms with Gasteiger partial charge in [0.1, 0.15) is 18.5 Å². The highest BCUT2D eigenvalue weighted by Gasteiger charge is 2.14. The lowest BCUT2D eigenvalue weighted by atomic mass is 10.00. The first kappa shape index (κ1) is 17.2. The lowest BCUT2D eigenvalue weighted by Gasteiger charge is -2.13. The van der Waals surface area contributed by atoms with Crippen LogP contribution in [0.25, 0.3) is 10.9 Å². The van der Waals surface area contributed by atoms with Gasteiger partial charge in [-0.05, 0) is 36.2 Å². The average molecular weight is 338 g/mol. The molecule has 0 saturated heterocycles. The van der Waals surface area contributed by atoms with Crippen molar-refractivity contribution < 1.29 is 14.6 Å². The number of hydrogen-bond acceptors (Lipinski definition) is 4. The Kier molecular flexibility index (Phi) is 5.48. The number of aliphatic hydroxyl groups is 1. The lowest BCUT2D eigenvalue weighted by Crippen LogP contribution is -2.27. The minimum Gasteiger partial charge on any atom is -0.490 e. The molecule has 1 heterocycles. The van der Waals surface area contributed by atoms with Gasteiger partial charge in [0.2, 0.25) is 0 Å². The summed E-state index contributed by atoms with van der Waals surface area (Å²) in [6.45, 7) is 0.195. The minimum absolute atomic E-state index is 0.0189. The van der Waals surface area contributed by atoms with Crippen LogP contribution in [-0.4, -0.2) is 35.1 Å². The van der Waals surface area contributed by atoms with E-state index in [2.05, 4.69) is 4.98 Å². The van der Waals surface area contributed by atoms with Gasteiger partial charge in [0.25, 0.3) is 0 Å². The Bertz CT molecular complexity index is 857. The Morgan fingerprint density at radius 3 is 2.84 bits per heavy atom. The number of rotatable bonds is 8. The van der Waals surface area contributed by atoms with Crippen LogP contribution in [0, 0.1) is 0 Å². The molecule has 0 amide bonds. The van der Waals surface area contributed by atoms with E-state index in [-0.39, 0.29) is 18.9 Å². The van der Waals surface area contributed by atoms with Gasteiger partial charge in [-0.15, -0.1) is 0 Å². The Labute approximate surface area is 146 Å². The van der Waals surface area contributed by atoms with Gasteiger partial charge in [0, 0.05) is 30.1 Å². The molecule has 25 heavy (non-hydrogen) atoms. The van der Waals surface area contributed by atoms with Gasteiger partial charge in [-0.1, -0.05) is 24.3 Å². The molecule has 0 aliphatic carbocycles. The Hall–Kier alpha value is -2.63. The van der Waals surface area contributed by atoms with Crippen molar-refractivity contribution in [3.63, 3.8) is 0 Å². The fourth-order valence-corrected chi connectivity index (χ4v) is 2.83. The summed E-state index contributed by atoms with van der Waals surface area (Å²) in [7, 11) is 0. The quantitative estimate of drug-likeness (QED) is 0.551. The van der Waals surface area contributed by atoms with Crippen LogP contribution < -0.4 is 10.5 Å². The van der Waals surface area contributed by atoms with Crippen molar-refractivity contribution in [3.05, 3.63) is 65.9 Å². The first-order valence-corrected chi connectivity index (χ1v) is 8.37. The number of aryl methyl sites for hydroxylation is 1. The Balaban J connectivity index is 1.70. The minimum atomic E-state index is -0.741. The predicted molar refractivity (Wildman–Crippen MR) is 97.9 cm³/mol. The van der Waals surface area contributed by atoms with Crippen LogP contribution in [-0.2, 0) is 6.42 Å². The van der Waals surface area contributed by atoms with Gasteiger partial charge < -0.3 is 20.6 Å². The highest BCUT2D eigenvalue weighted by Crippen LogP contribution is 2.23. The van der Waals surface area contributed by atoms with Crippen LogP contribution in [0.4, 0.5) is 0 Å². The average Bonchev–Trinajstić information content (AvgIpc) is 3.13. The van der Waals surface area contributed by atoms with Crippen molar-refractivity contribution >= 4 is 16.7 Å². The number of nitrogens with two attached hydrogens (primary N) is 1. The zero-order valence-corrected chi connectivity index (χ0v) is 13.9. The number of benzene rings is 2. The van der Waals surface area contributed by atoms with Crippen LogP contribution in [0.3, 0.4) is 0 Å². The normalized spacial score (nSPS) is 12.2. The van der Waals surface area contributed by atoms with Crippen molar-refractivity contribution in [3.8, 4) is 5.75 Å². The van der Waals surface area contributed by atoms with E-state index in [1.807, 2.05) is 42.6 Å². The van der Waals surface area contributed by atoms with E-state index in [0.29, 0.717) is 24.2 Å². The fourth-order valence-electron chi connectivity index (χ4n) is 2.83.